The maximum absolute atomic E-state index is 4.31. The van der Waals surface area contributed by atoms with Crippen LogP contribution in [0.5, 0.6) is 0 Å². The van der Waals surface area contributed by atoms with E-state index in [1.165, 1.54) is 63.7 Å². The molecule has 0 amide bonds. The highest BCUT2D eigenvalue weighted by Crippen LogP contribution is 2.65. The molecule has 1 aromatic rings. The van der Waals surface area contributed by atoms with E-state index in [1.54, 1.807) is 0 Å². The molecular formula is C22H33N3. The van der Waals surface area contributed by atoms with Gasteiger partial charge in [-0.3, -0.25) is 0 Å². The zero-order valence-corrected chi connectivity index (χ0v) is 15.9. The van der Waals surface area contributed by atoms with Crippen LogP contribution < -0.4 is 5.32 Å². The average Bonchev–Trinajstić information content (AvgIpc) is 3.18. The van der Waals surface area contributed by atoms with Crippen molar-refractivity contribution in [2.24, 2.45) is 34.5 Å². The first-order chi connectivity index (χ1) is 12.1. The van der Waals surface area contributed by atoms with Crippen molar-refractivity contribution in [2.75, 3.05) is 13.1 Å². The highest BCUT2D eigenvalue weighted by Gasteiger charge is 2.57. The van der Waals surface area contributed by atoms with Crippen molar-refractivity contribution in [1.82, 2.24) is 14.9 Å². The molecular weight excluding hydrogens is 306 g/mol. The van der Waals surface area contributed by atoms with Gasteiger partial charge in [-0.05, 0) is 87.1 Å². The molecule has 3 heteroatoms. The molecule has 136 valence electrons. The highest BCUT2D eigenvalue weighted by molar-refractivity contribution is 5.56. The molecule has 1 aromatic heterocycles. The van der Waals surface area contributed by atoms with E-state index in [2.05, 4.69) is 41.0 Å². The molecule has 2 heterocycles. The van der Waals surface area contributed by atoms with Gasteiger partial charge in [-0.15, -0.1) is 0 Å². The van der Waals surface area contributed by atoms with E-state index >= 15 is 0 Å². The van der Waals surface area contributed by atoms with Gasteiger partial charge in [0.25, 0.3) is 0 Å². The average molecular weight is 340 g/mol. The lowest BCUT2D eigenvalue weighted by Crippen LogP contribution is -2.52. The fourth-order valence-electron chi connectivity index (χ4n) is 7.48. The van der Waals surface area contributed by atoms with Gasteiger partial charge in [0.2, 0.25) is 0 Å². The van der Waals surface area contributed by atoms with Gasteiger partial charge < -0.3 is 9.88 Å². The Bertz CT molecular complexity index is 663. The van der Waals surface area contributed by atoms with E-state index in [0.717, 1.165) is 23.7 Å². The first-order valence-electron chi connectivity index (χ1n) is 10.5. The number of hydrogen-bond donors (Lipinski definition) is 1. The standard InChI is InChI=1S/C22H33N3/c1-21-9-3-11-23-14-16(21)4-5-17-18-6-7-20(25-13-12-24-15-25)22(18,2)10-8-19(17)21/h7,12-13,15-19,23H,3-6,8-11,14H2,1-2H3/t16?,17-,18-,19-,21-,22-/m0/s1. The van der Waals surface area contributed by atoms with Crippen LogP contribution in [0.4, 0.5) is 0 Å². The van der Waals surface area contributed by atoms with Crippen LogP contribution in [-0.4, -0.2) is 22.6 Å². The molecule has 0 radical (unpaired) electrons. The summed E-state index contributed by atoms with van der Waals surface area (Å²) in [5.41, 5.74) is 2.46. The van der Waals surface area contributed by atoms with Crippen molar-refractivity contribution >= 4 is 5.70 Å². The summed E-state index contributed by atoms with van der Waals surface area (Å²) in [5.74, 6) is 3.62. The molecule has 25 heavy (non-hydrogen) atoms. The second-order valence-corrected chi connectivity index (χ2v) is 9.72. The van der Waals surface area contributed by atoms with Crippen LogP contribution in [0.1, 0.15) is 58.8 Å². The lowest BCUT2D eigenvalue weighted by Gasteiger charge is -2.58. The van der Waals surface area contributed by atoms with Crippen molar-refractivity contribution in [3.63, 3.8) is 0 Å². The van der Waals surface area contributed by atoms with Crippen LogP contribution in [0.2, 0.25) is 0 Å². The Labute approximate surface area is 152 Å². The third-order valence-corrected chi connectivity index (χ3v) is 8.85. The summed E-state index contributed by atoms with van der Waals surface area (Å²) in [6.07, 6.45) is 18.4. The second kappa shape index (κ2) is 5.70. The Hall–Kier alpha value is -1.09. The minimum atomic E-state index is 0.355. The van der Waals surface area contributed by atoms with Crippen LogP contribution in [0, 0.1) is 34.5 Å². The molecule has 0 bridgehead atoms. The minimum absolute atomic E-state index is 0.355. The van der Waals surface area contributed by atoms with Gasteiger partial charge in [0.05, 0.1) is 6.33 Å². The van der Waals surface area contributed by atoms with Crippen molar-refractivity contribution in [2.45, 2.75) is 58.8 Å². The monoisotopic (exact) mass is 339 g/mol. The van der Waals surface area contributed by atoms with Gasteiger partial charge in [-0.2, -0.15) is 0 Å². The number of nitrogens with zero attached hydrogens (tertiary/aromatic N) is 2. The Morgan fingerprint density at radius 1 is 1.16 bits per heavy atom. The molecule has 1 unspecified atom stereocenters. The predicted molar refractivity (Wildman–Crippen MR) is 102 cm³/mol. The van der Waals surface area contributed by atoms with Crippen molar-refractivity contribution in [1.29, 1.82) is 0 Å². The van der Waals surface area contributed by atoms with Crippen molar-refractivity contribution in [3.05, 3.63) is 24.8 Å². The lowest BCUT2D eigenvalue weighted by atomic mass is 9.47. The van der Waals surface area contributed by atoms with Crippen LogP contribution in [0.25, 0.3) is 5.70 Å². The third kappa shape index (κ3) is 2.24. The van der Waals surface area contributed by atoms with Crippen molar-refractivity contribution < 1.29 is 0 Å². The van der Waals surface area contributed by atoms with Crippen LogP contribution in [0.15, 0.2) is 24.8 Å². The van der Waals surface area contributed by atoms with Gasteiger partial charge in [0.1, 0.15) is 0 Å². The summed E-state index contributed by atoms with van der Waals surface area (Å²) in [7, 11) is 0. The third-order valence-electron chi connectivity index (χ3n) is 8.85. The number of hydrogen-bond acceptors (Lipinski definition) is 2. The summed E-state index contributed by atoms with van der Waals surface area (Å²) in [4.78, 5) is 4.31. The maximum atomic E-state index is 4.31. The Morgan fingerprint density at radius 2 is 2.08 bits per heavy atom. The van der Waals surface area contributed by atoms with E-state index in [-0.39, 0.29) is 0 Å². The number of fused-ring (bicyclic) bond motifs is 5. The molecule has 1 N–H and O–H groups in total. The summed E-state index contributed by atoms with van der Waals surface area (Å²) in [6.45, 7) is 7.70. The van der Waals surface area contributed by atoms with E-state index < -0.39 is 0 Å². The van der Waals surface area contributed by atoms with E-state index in [4.69, 9.17) is 0 Å². The fourth-order valence-corrected chi connectivity index (χ4v) is 7.48. The predicted octanol–water partition coefficient (Wildman–Crippen LogP) is 4.58. The number of allylic oxidation sites excluding steroid dienone is 2. The number of imidazole rings is 1. The number of rotatable bonds is 1. The molecule has 2 saturated carbocycles. The van der Waals surface area contributed by atoms with E-state index in [0.29, 0.717) is 10.8 Å². The molecule has 1 saturated heterocycles. The first-order valence-corrected chi connectivity index (χ1v) is 10.5. The topological polar surface area (TPSA) is 29.9 Å². The Balaban J connectivity index is 1.46. The van der Waals surface area contributed by atoms with Gasteiger partial charge >= 0.3 is 0 Å². The van der Waals surface area contributed by atoms with Crippen LogP contribution >= 0.6 is 0 Å². The lowest BCUT2D eigenvalue weighted by molar-refractivity contribution is -0.0783. The van der Waals surface area contributed by atoms with E-state index in [9.17, 15) is 0 Å². The summed E-state index contributed by atoms with van der Waals surface area (Å²) >= 11 is 0. The molecule has 3 nitrogen and oxygen atoms in total. The SMILES string of the molecule is C[C@]12CCCNCC1CC[C@@H]1[C@@H]2CC[C@]2(C)C(n3ccnc3)=CC[C@@H]12. The number of aromatic nitrogens is 2. The minimum Gasteiger partial charge on any atom is -0.316 e. The molecule has 1 aliphatic heterocycles. The molecule has 0 spiro atoms. The van der Waals surface area contributed by atoms with Gasteiger partial charge in [0.15, 0.2) is 0 Å². The zero-order valence-electron chi connectivity index (χ0n) is 15.9. The van der Waals surface area contributed by atoms with Crippen LogP contribution in [0.3, 0.4) is 0 Å². The van der Waals surface area contributed by atoms with Crippen LogP contribution in [-0.2, 0) is 0 Å². The zero-order chi connectivity index (χ0) is 17.1. The second-order valence-electron chi connectivity index (χ2n) is 9.72. The molecule has 5 rings (SSSR count). The largest absolute Gasteiger partial charge is 0.316 e. The summed E-state index contributed by atoms with van der Waals surface area (Å²) in [5, 5.41) is 3.73. The summed E-state index contributed by atoms with van der Waals surface area (Å²) in [6, 6.07) is 0. The smallest absolute Gasteiger partial charge is 0.0989 e. The van der Waals surface area contributed by atoms with Crippen molar-refractivity contribution in [3.8, 4) is 0 Å². The molecule has 6 atom stereocenters. The number of nitrogens with one attached hydrogen (secondary N) is 1. The fraction of sp³-hybridized carbons (Fsp3) is 0.773. The van der Waals surface area contributed by atoms with E-state index in [1.807, 2.05) is 12.5 Å². The first kappa shape index (κ1) is 16.1. The Morgan fingerprint density at radius 3 is 2.92 bits per heavy atom. The molecule has 0 aromatic carbocycles. The van der Waals surface area contributed by atoms with Gasteiger partial charge in [-0.25, -0.2) is 4.98 Å². The van der Waals surface area contributed by atoms with Gasteiger partial charge in [-0.1, -0.05) is 19.9 Å². The molecule has 4 aliphatic rings. The Kier molecular flexibility index (Phi) is 3.68. The highest BCUT2D eigenvalue weighted by atomic mass is 15.1. The summed E-state index contributed by atoms with van der Waals surface area (Å²) < 4.78 is 2.29. The normalized spacial score (nSPS) is 46.6. The maximum Gasteiger partial charge on any atom is 0.0989 e. The van der Waals surface area contributed by atoms with Gasteiger partial charge in [0, 0.05) is 23.5 Å². The molecule has 3 aliphatic carbocycles. The molecule has 3 fully saturated rings. The quantitative estimate of drug-likeness (QED) is 0.812.